The number of amides is 1. The standard InChI is InChI=1S/C18H20N6O/c1-13-5-2-3-6-15(13)23-10-7-14(12-23)11-20-17(25)16-21-18-19-8-4-9-24(18)22-16/h2-6,8-9,14H,7,10-12H2,1H3,(H,20,25)/t14-/m0/s1. The number of para-hydroxylation sites is 1. The van der Waals surface area contributed by atoms with Crippen molar-refractivity contribution in [3.05, 3.63) is 54.1 Å². The third-order valence-corrected chi connectivity index (χ3v) is 4.61. The average molecular weight is 336 g/mol. The van der Waals surface area contributed by atoms with Gasteiger partial charge in [-0.05, 0) is 37.0 Å². The van der Waals surface area contributed by atoms with Crippen LogP contribution in [0, 0.1) is 12.8 Å². The predicted molar refractivity (Wildman–Crippen MR) is 94.6 cm³/mol. The third kappa shape index (κ3) is 3.17. The molecule has 3 heterocycles. The van der Waals surface area contributed by atoms with Crippen LogP contribution in [0.1, 0.15) is 22.6 Å². The Labute approximate surface area is 145 Å². The van der Waals surface area contributed by atoms with Crippen molar-refractivity contribution in [3.8, 4) is 0 Å². The van der Waals surface area contributed by atoms with Crippen molar-refractivity contribution in [2.45, 2.75) is 13.3 Å². The summed E-state index contributed by atoms with van der Waals surface area (Å²) in [5, 5.41) is 7.11. The van der Waals surface area contributed by atoms with Gasteiger partial charge in [-0.3, -0.25) is 4.79 Å². The zero-order chi connectivity index (χ0) is 17.2. The van der Waals surface area contributed by atoms with E-state index in [0.29, 0.717) is 18.2 Å². The molecular formula is C18H20N6O. The first kappa shape index (κ1) is 15.6. The molecule has 2 aromatic heterocycles. The van der Waals surface area contributed by atoms with Crippen LogP contribution in [0.5, 0.6) is 0 Å². The van der Waals surface area contributed by atoms with Crippen molar-refractivity contribution in [2.24, 2.45) is 5.92 Å². The van der Waals surface area contributed by atoms with Crippen LogP contribution < -0.4 is 10.2 Å². The lowest BCUT2D eigenvalue weighted by molar-refractivity contribution is 0.0938. The van der Waals surface area contributed by atoms with Gasteiger partial charge in [0.05, 0.1) is 0 Å². The van der Waals surface area contributed by atoms with Gasteiger partial charge in [-0.1, -0.05) is 18.2 Å². The number of rotatable bonds is 4. The number of carbonyl (C=O) groups excluding carboxylic acids is 1. The minimum atomic E-state index is -0.250. The van der Waals surface area contributed by atoms with Gasteiger partial charge in [-0.15, -0.1) is 5.10 Å². The van der Waals surface area contributed by atoms with Gasteiger partial charge in [-0.25, -0.2) is 9.50 Å². The van der Waals surface area contributed by atoms with Crippen molar-refractivity contribution < 1.29 is 4.79 Å². The molecule has 1 aliphatic rings. The van der Waals surface area contributed by atoms with Crippen LogP contribution in [-0.4, -0.2) is 45.1 Å². The smallest absolute Gasteiger partial charge is 0.291 e. The highest BCUT2D eigenvalue weighted by molar-refractivity contribution is 5.90. The van der Waals surface area contributed by atoms with Crippen LogP contribution in [0.15, 0.2) is 42.7 Å². The molecule has 7 heteroatoms. The molecule has 0 saturated carbocycles. The van der Waals surface area contributed by atoms with Crippen molar-refractivity contribution >= 4 is 17.4 Å². The number of hydrogen-bond donors (Lipinski definition) is 1. The van der Waals surface area contributed by atoms with Gasteiger partial charge in [0.25, 0.3) is 11.7 Å². The lowest BCUT2D eigenvalue weighted by atomic mass is 10.1. The lowest BCUT2D eigenvalue weighted by Crippen LogP contribution is -2.31. The highest BCUT2D eigenvalue weighted by Gasteiger charge is 2.24. The Morgan fingerprint density at radius 1 is 1.32 bits per heavy atom. The van der Waals surface area contributed by atoms with E-state index in [0.717, 1.165) is 19.5 Å². The van der Waals surface area contributed by atoms with Crippen LogP contribution in [0.2, 0.25) is 0 Å². The minimum absolute atomic E-state index is 0.160. The molecule has 1 aliphatic heterocycles. The van der Waals surface area contributed by atoms with Crippen molar-refractivity contribution in [1.82, 2.24) is 24.9 Å². The predicted octanol–water partition coefficient (Wildman–Crippen LogP) is 1.69. The summed E-state index contributed by atoms with van der Waals surface area (Å²) >= 11 is 0. The number of hydrogen-bond acceptors (Lipinski definition) is 5. The topological polar surface area (TPSA) is 75.4 Å². The molecule has 1 aromatic carbocycles. The maximum atomic E-state index is 12.3. The second-order valence-corrected chi connectivity index (χ2v) is 6.40. The summed E-state index contributed by atoms with van der Waals surface area (Å²) in [6.07, 6.45) is 4.42. The molecule has 0 spiro atoms. The summed E-state index contributed by atoms with van der Waals surface area (Å²) in [5.41, 5.74) is 2.57. The third-order valence-electron chi connectivity index (χ3n) is 4.61. The zero-order valence-electron chi connectivity index (χ0n) is 14.1. The van der Waals surface area contributed by atoms with Crippen molar-refractivity contribution in [3.63, 3.8) is 0 Å². The summed E-state index contributed by atoms with van der Waals surface area (Å²) < 4.78 is 1.50. The van der Waals surface area contributed by atoms with E-state index < -0.39 is 0 Å². The van der Waals surface area contributed by atoms with Crippen molar-refractivity contribution in [2.75, 3.05) is 24.5 Å². The van der Waals surface area contributed by atoms with E-state index in [1.165, 1.54) is 15.8 Å². The van der Waals surface area contributed by atoms with Gasteiger partial charge in [0.15, 0.2) is 0 Å². The number of nitrogens with zero attached hydrogens (tertiary/aromatic N) is 5. The Balaban J connectivity index is 1.36. The van der Waals surface area contributed by atoms with Gasteiger partial charge >= 0.3 is 0 Å². The molecule has 7 nitrogen and oxygen atoms in total. The largest absolute Gasteiger partial charge is 0.371 e. The quantitative estimate of drug-likeness (QED) is 0.785. The Morgan fingerprint density at radius 3 is 3.04 bits per heavy atom. The molecule has 1 atom stereocenters. The molecule has 0 unspecified atom stereocenters. The van der Waals surface area contributed by atoms with Gasteiger partial charge in [-0.2, -0.15) is 4.98 Å². The summed E-state index contributed by atoms with van der Waals surface area (Å²) in [6.45, 7) is 4.73. The Bertz CT molecular complexity index is 872. The number of aryl methyl sites for hydroxylation is 1. The molecule has 4 rings (SSSR count). The van der Waals surface area contributed by atoms with E-state index in [4.69, 9.17) is 0 Å². The van der Waals surface area contributed by atoms with Crippen LogP contribution in [0.4, 0.5) is 5.69 Å². The van der Waals surface area contributed by atoms with Crippen LogP contribution in [0.3, 0.4) is 0 Å². The van der Waals surface area contributed by atoms with Crippen molar-refractivity contribution in [1.29, 1.82) is 0 Å². The SMILES string of the molecule is Cc1ccccc1N1CC[C@@H](CNC(=O)c2nc3ncccn3n2)C1. The zero-order valence-corrected chi connectivity index (χ0v) is 14.1. The van der Waals surface area contributed by atoms with Crippen LogP contribution >= 0.6 is 0 Å². The first-order chi connectivity index (χ1) is 12.2. The van der Waals surface area contributed by atoms with Gasteiger partial charge in [0.1, 0.15) is 0 Å². The molecule has 25 heavy (non-hydrogen) atoms. The van der Waals surface area contributed by atoms with Gasteiger partial charge in [0.2, 0.25) is 5.82 Å². The molecule has 128 valence electrons. The fourth-order valence-electron chi connectivity index (χ4n) is 3.28. The number of fused-ring (bicyclic) bond motifs is 1. The summed E-state index contributed by atoms with van der Waals surface area (Å²) in [5.74, 6) is 0.769. The number of carbonyl (C=O) groups is 1. The monoisotopic (exact) mass is 336 g/mol. The lowest BCUT2D eigenvalue weighted by Gasteiger charge is -2.21. The molecule has 0 bridgehead atoms. The number of anilines is 1. The highest BCUT2D eigenvalue weighted by Crippen LogP contribution is 2.26. The molecule has 1 fully saturated rings. The molecule has 3 aromatic rings. The summed E-state index contributed by atoms with van der Waals surface area (Å²) in [4.78, 5) is 22.9. The van der Waals surface area contributed by atoms with E-state index in [1.54, 1.807) is 18.5 Å². The highest BCUT2D eigenvalue weighted by atomic mass is 16.2. The number of nitrogens with one attached hydrogen (secondary N) is 1. The van der Waals surface area contributed by atoms with E-state index in [2.05, 4.69) is 56.5 Å². The Morgan fingerprint density at radius 2 is 2.20 bits per heavy atom. The normalized spacial score (nSPS) is 17.2. The molecular weight excluding hydrogens is 316 g/mol. The maximum Gasteiger partial charge on any atom is 0.291 e. The molecule has 1 amide bonds. The molecule has 1 saturated heterocycles. The summed E-state index contributed by atoms with van der Waals surface area (Å²) in [7, 11) is 0. The van der Waals surface area contributed by atoms with E-state index in [1.807, 2.05) is 0 Å². The second kappa shape index (κ2) is 6.51. The molecule has 0 aliphatic carbocycles. The van der Waals surface area contributed by atoms with Gasteiger partial charge in [0, 0.05) is 37.7 Å². The molecule has 0 radical (unpaired) electrons. The van der Waals surface area contributed by atoms with Crippen LogP contribution in [-0.2, 0) is 0 Å². The number of aromatic nitrogens is 4. The fourth-order valence-corrected chi connectivity index (χ4v) is 3.28. The van der Waals surface area contributed by atoms with Gasteiger partial charge < -0.3 is 10.2 Å². The van der Waals surface area contributed by atoms with E-state index >= 15 is 0 Å². The maximum absolute atomic E-state index is 12.3. The first-order valence-electron chi connectivity index (χ1n) is 8.47. The first-order valence-corrected chi connectivity index (χ1v) is 8.47. The number of benzene rings is 1. The fraction of sp³-hybridized carbons (Fsp3) is 0.333. The average Bonchev–Trinajstić information content (AvgIpc) is 3.27. The Kier molecular flexibility index (Phi) is 4.05. The van der Waals surface area contributed by atoms with E-state index in [9.17, 15) is 4.79 Å². The second-order valence-electron chi connectivity index (χ2n) is 6.40. The minimum Gasteiger partial charge on any atom is -0.371 e. The van der Waals surface area contributed by atoms with Crippen LogP contribution in [0.25, 0.3) is 5.78 Å². The Hall–Kier alpha value is -2.96. The summed E-state index contributed by atoms with van der Waals surface area (Å²) in [6, 6.07) is 10.2. The molecule has 1 N–H and O–H groups in total. The van der Waals surface area contributed by atoms with E-state index in [-0.39, 0.29) is 11.7 Å².